The van der Waals surface area contributed by atoms with Crippen LogP contribution in [0.3, 0.4) is 0 Å². The number of nitrogens with one attached hydrogen (secondary N) is 1. The molecule has 1 heterocycles. The number of para-hydroxylation sites is 1. The molecule has 0 fully saturated rings. The van der Waals surface area contributed by atoms with Gasteiger partial charge in [0.2, 0.25) is 0 Å². The number of halogens is 1. The van der Waals surface area contributed by atoms with E-state index in [0.717, 1.165) is 5.69 Å². The van der Waals surface area contributed by atoms with E-state index in [0.29, 0.717) is 22.1 Å². The second kappa shape index (κ2) is 7.67. The van der Waals surface area contributed by atoms with Gasteiger partial charge in [-0.1, -0.05) is 50.6 Å². The van der Waals surface area contributed by atoms with E-state index in [1.165, 1.54) is 6.07 Å². The zero-order chi connectivity index (χ0) is 21.3. The van der Waals surface area contributed by atoms with Gasteiger partial charge in [0.1, 0.15) is 5.82 Å². The molecule has 0 aliphatic rings. The van der Waals surface area contributed by atoms with E-state index in [9.17, 15) is 14.9 Å². The molecule has 0 atom stereocenters. The smallest absolute Gasteiger partial charge is 0.273 e. The fraction of sp³-hybridized carbons (Fsp3) is 0.238. The Kier molecular flexibility index (Phi) is 5.44. The van der Waals surface area contributed by atoms with Crippen LogP contribution in [0, 0.1) is 17.0 Å². The summed E-state index contributed by atoms with van der Waals surface area (Å²) in [5.41, 5.74) is 1.70. The maximum Gasteiger partial charge on any atom is 0.273 e. The molecule has 0 aliphatic heterocycles. The van der Waals surface area contributed by atoms with Crippen molar-refractivity contribution in [3.8, 4) is 5.69 Å². The average molecular weight is 413 g/mol. The van der Waals surface area contributed by atoms with Crippen LogP contribution >= 0.6 is 11.6 Å². The van der Waals surface area contributed by atoms with Crippen molar-refractivity contribution in [1.29, 1.82) is 0 Å². The number of nitro groups is 1. The third-order valence-corrected chi connectivity index (χ3v) is 4.79. The molecule has 0 saturated heterocycles. The molecule has 1 N–H and O–H groups in total. The lowest BCUT2D eigenvalue weighted by atomic mass is 9.92. The van der Waals surface area contributed by atoms with Gasteiger partial charge in [0.05, 0.1) is 21.3 Å². The number of nitro benzene ring substituents is 1. The van der Waals surface area contributed by atoms with Gasteiger partial charge in [0.25, 0.3) is 11.6 Å². The topological polar surface area (TPSA) is 90.1 Å². The third kappa shape index (κ3) is 4.30. The van der Waals surface area contributed by atoms with Crippen molar-refractivity contribution in [3.05, 3.63) is 80.5 Å². The van der Waals surface area contributed by atoms with Crippen molar-refractivity contribution >= 4 is 29.0 Å². The molecule has 0 bridgehead atoms. The zero-order valence-electron chi connectivity index (χ0n) is 16.6. The number of aromatic nitrogens is 2. The number of anilines is 1. The van der Waals surface area contributed by atoms with Gasteiger partial charge in [-0.3, -0.25) is 14.9 Å². The summed E-state index contributed by atoms with van der Waals surface area (Å²) in [6.07, 6.45) is 0. The van der Waals surface area contributed by atoms with E-state index < -0.39 is 10.8 Å². The summed E-state index contributed by atoms with van der Waals surface area (Å²) in [6.45, 7) is 7.67. The van der Waals surface area contributed by atoms with Crippen LogP contribution in [0.15, 0.2) is 48.5 Å². The van der Waals surface area contributed by atoms with Crippen LogP contribution in [0.4, 0.5) is 11.5 Å². The minimum atomic E-state index is -0.502. The molecule has 8 heteroatoms. The Morgan fingerprint density at radius 3 is 2.48 bits per heavy atom. The largest absolute Gasteiger partial charge is 0.306 e. The number of nitrogens with zero attached hydrogens (tertiary/aromatic N) is 3. The Hall–Kier alpha value is -3.19. The summed E-state index contributed by atoms with van der Waals surface area (Å²) < 4.78 is 1.57. The third-order valence-electron chi connectivity index (χ3n) is 4.47. The predicted molar refractivity (Wildman–Crippen MR) is 113 cm³/mol. The molecular formula is C21H21ClN4O3. The minimum absolute atomic E-state index is 0.104. The highest BCUT2D eigenvalue weighted by Gasteiger charge is 2.23. The Morgan fingerprint density at radius 1 is 1.17 bits per heavy atom. The minimum Gasteiger partial charge on any atom is -0.306 e. The quantitative estimate of drug-likeness (QED) is 0.465. The maximum atomic E-state index is 12.8. The van der Waals surface area contributed by atoms with Crippen molar-refractivity contribution in [3.63, 3.8) is 0 Å². The lowest BCUT2D eigenvalue weighted by Crippen LogP contribution is -2.15. The number of carbonyl (C=O) groups excluding carboxylic acids is 1. The Balaban J connectivity index is 2.04. The predicted octanol–water partition coefficient (Wildman–Crippen LogP) is 5.29. The van der Waals surface area contributed by atoms with Crippen LogP contribution in [0.25, 0.3) is 5.69 Å². The highest BCUT2D eigenvalue weighted by molar-refractivity contribution is 6.32. The molecule has 2 aromatic carbocycles. The van der Waals surface area contributed by atoms with E-state index in [1.54, 1.807) is 41.9 Å². The Bertz CT molecular complexity index is 1100. The van der Waals surface area contributed by atoms with Gasteiger partial charge in [-0.15, -0.1) is 0 Å². The molecule has 1 aromatic heterocycles. The van der Waals surface area contributed by atoms with Crippen molar-refractivity contribution in [2.45, 2.75) is 33.1 Å². The number of aryl methyl sites for hydroxylation is 1. The van der Waals surface area contributed by atoms with Gasteiger partial charge in [-0.25, -0.2) is 4.68 Å². The number of hydrogen-bond donors (Lipinski definition) is 1. The van der Waals surface area contributed by atoms with E-state index in [4.69, 9.17) is 11.6 Å². The second-order valence-electron chi connectivity index (χ2n) is 7.74. The monoisotopic (exact) mass is 412 g/mol. The summed E-state index contributed by atoms with van der Waals surface area (Å²) >= 11 is 6.33. The molecule has 3 aromatic rings. The van der Waals surface area contributed by atoms with Crippen LogP contribution in [-0.4, -0.2) is 20.6 Å². The van der Waals surface area contributed by atoms with Crippen molar-refractivity contribution in [1.82, 2.24) is 9.78 Å². The maximum absolute atomic E-state index is 12.8. The van der Waals surface area contributed by atoms with Crippen LogP contribution in [0.2, 0.25) is 5.02 Å². The van der Waals surface area contributed by atoms with E-state index in [1.807, 2.05) is 32.9 Å². The van der Waals surface area contributed by atoms with E-state index >= 15 is 0 Å². The van der Waals surface area contributed by atoms with Gasteiger partial charge in [-0.05, 0) is 25.1 Å². The number of benzene rings is 2. The summed E-state index contributed by atoms with van der Waals surface area (Å²) in [7, 11) is 0. The SMILES string of the molecule is Cc1ccc(C(=O)Nc2cc(C(C)(C)C)nn2-c2ccccc2Cl)cc1[N+](=O)[O-]. The molecule has 3 rings (SSSR count). The molecule has 7 nitrogen and oxygen atoms in total. The first kappa shape index (κ1) is 20.5. The first-order valence-electron chi connectivity index (χ1n) is 9.00. The molecule has 29 heavy (non-hydrogen) atoms. The highest BCUT2D eigenvalue weighted by atomic mass is 35.5. The van der Waals surface area contributed by atoms with Gasteiger partial charge in [0.15, 0.2) is 0 Å². The highest BCUT2D eigenvalue weighted by Crippen LogP contribution is 2.29. The summed E-state index contributed by atoms with van der Waals surface area (Å²) in [5.74, 6) is -0.0435. The second-order valence-corrected chi connectivity index (χ2v) is 8.15. The number of carbonyl (C=O) groups is 1. The standard InChI is InChI=1S/C21H21ClN4O3/c1-13-9-10-14(11-17(13)26(28)29)20(27)23-19-12-18(21(2,3)4)24-25(19)16-8-6-5-7-15(16)22/h5-12H,1-4H3,(H,23,27). The van der Waals surface area contributed by atoms with Crippen molar-refractivity contribution < 1.29 is 9.72 Å². The lowest BCUT2D eigenvalue weighted by molar-refractivity contribution is -0.385. The molecule has 150 valence electrons. The first-order valence-corrected chi connectivity index (χ1v) is 9.37. The van der Waals surface area contributed by atoms with Gasteiger partial charge >= 0.3 is 0 Å². The van der Waals surface area contributed by atoms with Gasteiger partial charge < -0.3 is 5.32 Å². The van der Waals surface area contributed by atoms with Gasteiger partial charge in [-0.2, -0.15) is 5.10 Å². The fourth-order valence-electron chi connectivity index (χ4n) is 2.78. The lowest BCUT2D eigenvalue weighted by Gasteiger charge is -2.14. The number of hydrogen-bond acceptors (Lipinski definition) is 4. The van der Waals surface area contributed by atoms with E-state index in [-0.39, 0.29) is 16.7 Å². The summed E-state index contributed by atoms with van der Waals surface area (Å²) in [6, 6.07) is 13.3. The molecule has 0 spiro atoms. The van der Waals surface area contributed by atoms with Crippen LogP contribution in [0.1, 0.15) is 42.4 Å². The Labute approximate surface area is 173 Å². The van der Waals surface area contributed by atoms with Crippen molar-refractivity contribution in [2.24, 2.45) is 0 Å². The molecule has 0 aliphatic carbocycles. The van der Waals surface area contributed by atoms with Crippen molar-refractivity contribution in [2.75, 3.05) is 5.32 Å². The molecule has 0 unspecified atom stereocenters. The molecule has 1 amide bonds. The van der Waals surface area contributed by atoms with Gasteiger partial charge in [0, 0.05) is 28.7 Å². The normalized spacial score (nSPS) is 11.3. The summed E-state index contributed by atoms with van der Waals surface area (Å²) in [4.78, 5) is 23.5. The fourth-order valence-corrected chi connectivity index (χ4v) is 3.00. The summed E-state index contributed by atoms with van der Waals surface area (Å²) in [5, 5.41) is 19.1. The van der Waals surface area contributed by atoms with E-state index in [2.05, 4.69) is 10.4 Å². The molecule has 0 radical (unpaired) electrons. The zero-order valence-corrected chi connectivity index (χ0v) is 17.3. The van der Waals surface area contributed by atoms with Crippen LogP contribution in [-0.2, 0) is 5.41 Å². The molecule has 0 saturated carbocycles. The molecular weight excluding hydrogens is 392 g/mol. The Morgan fingerprint density at radius 2 is 1.86 bits per heavy atom. The van der Waals surface area contributed by atoms with Crippen LogP contribution in [0.5, 0.6) is 0 Å². The average Bonchev–Trinajstić information content (AvgIpc) is 3.06. The number of amides is 1. The first-order chi connectivity index (χ1) is 13.6. The van der Waals surface area contributed by atoms with Crippen LogP contribution < -0.4 is 5.32 Å². The number of rotatable bonds is 4.